The predicted molar refractivity (Wildman–Crippen MR) is 98.0 cm³/mol. The van der Waals surface area contributed by atoms with Crippen LogP contribution in [0, 0.1) is 5.92 Å². The Morgan fingerprint density at radius 3 is 2.60 bits per heavy atom. The highest BCUT2D eigenvalue weighted by Gasteiger charge is 2.35. The molecule has 0 unspecified atom stereocenters. The van der Waals surface area contributed by atoms with Gasteiger partial charge in [-0.15, -0.1) is 0 Å². The van der Waals surface area contributed by atoms with Crippen molar-refractivity contribution >= 4 is 40.8 Å². The summed E-state index contributed by atoms with van der Waals surface area (Å²) in [6.07, 6.45) is 5.58. The van der Waals surface area contributed by atoms with Crippen LogP contribution < -0.4 is 10.6 Å². The zero-order valence-corrected chi connectivity index (χ0v) is 15.6. The van der Waals surface area contributed by atoms with Crippen LogP contribution in [-0.2, 0) is 14.3 Å². The number of rotatable bonds is 3. The quantitative estimate of drug-likeness (QED) is 0.770. The third-order valence-electron chi connectivity index (χ3n) is 5.02. The summed E-state index contributed by atoms with van der Waals surface area (Å²) in [7, 11) is 1.35. The van der Waals surface area contributed by atoms with Crippen molar-refractivity contribution in [3.8, 4) is 0 Å². The van der Waals surface area contributed by atoms with Crippen molar-refractivity contribution in [1.82, 2.24) is 5.32 Å². The van der Waals surface area contributed by atoms with E-state index >= 15 is 0 Å². The van der Waals surface area contributed by atoms with E-state index in [9.17, 15) is 9.59 Å². The molecule has 0 saturated heterocycles. The van der Waals surface area contributed by atoms with Crippen molar-refractivity contribution in [2.75, 3.05) is 12.4 Å². The Morgan fingerprint density at radius 1 is 1.20 bits per heavy atom. The number of nitrogens with one attached hydrogen (secondary N) is 2. The summed E-state index contributed by atoms with van der Waals surface area (Å²) >= 11 is 12.5. The summed E-state index contributed by atoms with van der Waals surface area (Å²) in [5, 5.41) is 7.17. The minimum Gasteiger partial charge on any atom is -0.467 e. The molecule has 25 heavy (non-hydrogen) atoms. The van der Waals surface area contributed by atoms with Gasteiger partial charge in [0.15, 0.2) is 0 Å². The van der Waals surface area contributed by atoms with E-state index in [1.807, 2.05) is 0 Å². The van der Waals surface area contributed by atoms with Crippen molar-refractivity contribution in [1.29, 1.82) is 0 Å². The number of benzene rings is 1. The Bertz CT molecular complexity index is 675. The number of anilines is 1. The molecule has 1 aromatic rings. The van der Waals surface area contributed by atoms with E-state index in [1.165, 1.54) is 13.5 Å². The maximum Gasteiger partial charge on any atom is 0.328 e. The van der Waals surface area contributed by atoms with Gasteiger partial charge in [-0.2, -0.15) is 0 Å². The number of carbonyl (C=O) groups is 2. The Balaban J connectivity index is 1.86. The molecule has 3 rings (SSSR count). The molecule has 1 saturated carbocycles. The molecule has 5 nitrogen and oxygen atoms in total. The summed E-state index contributed by atoms with van der Waals surface area (Å²) < 4.78 is 4.85. The molecule has 2 aliphatic rings. The molecule has 136 valence electrons. The van der Waals surface area contributed by atoms with Crippen LogP contribution in [0.1, 0.15) is 50.1 Å². The number of hydrogen-bond acceptors (Lipinski definition) is 4. The Morgan fingerprint density at radius 2 is 1.92 bits per heavy atom. The van der Waals surface area contributed by atoms with Crippen molar-refractivity contribution in [2.45, 2.75) is 50.6 Å². The summed E-state index contributed by atoms with van der Waals surface area (Å²) in [4.78, 5) is 24.7. The number of halogens is 2. The third kappa shape index (κ3) is 4.04. The van der Waals surface area contributed by atoms with E-state index in [1.54, 1.807) is 12.1 Å². The van der Waals surface area contributed by atoms with Crippen LogP contribution in [-0.4, -0.2) is 25.0 Å². The predicted octanol–water partition coefficient (Wildman–Crippen LogP) is 4.09. The lowest BCUT2D eigenvalue weighted by atomic mass is 9.87. The van der Waals surface area contributed by atoms with Gasteiger partial charge < -0.3 is 15.4 Å². The molecule has 1 aliphatic carbocycles. The Labute approximate surface area is 157 Å². The molecule has 1 heterocycles. The van der Waals surface area contributed by atoms with Crippen molar-refractivity contribution in [2.24, 2.45) is 5.92 Å². The fourth-order valence-electron chi connectivity index (χ4n) is 3.74. The first-order valence-electron chi connectivity index (χ1n) is 8.63. The lowest BCUT2D eigenvalue weighted by molar-refractivity contribution is -0.142. The highest BCUT2D eigenvalue weighted by Crippen LogP contribution is 2.40. The zero-order chi connectivity index (χ0) is 18.0. The van der Waals surface area contributed by atoms with Gasteiger partial charge in [0.05, 0.1) is 13.2 Å². The van der Waals surface area contributed by atoms with E-state index in [0.717, 1.165) is 31.2 Å². The second-order valence-corrected chi connectivity index (χ2v) is 7.54. The van der Waals surface area contributed by atoms with E-state index in [2.05, 4.69) is 10.6 Å². The van der Waals surface area contributed by atoms with Crippen LogP contribution in [0.3, 0.4) is 0 Å². The largest absolute Gasteiger partial charge is 0.467 e. The Hall–Kier alpha value is -1.46. The SMILES string of the molecule is COC(=O)[C@H]1C[C@H](NC(=O)C2CCCCC2)c2c(Cl)cc(Cl)cc2N1. The van der Waals surface area contributed by atoms with Gasteiger partial charge in [0.25, 0.3) is 0 Å². The normalized spacial score (nSPS) is 23.3. The second kappa shape index (κ2) is 7.83. The number of amides is 1. The fraction of sp³-hybridized carbons (Fsp3) is 0.556. The molecular formula is C18H22Cl2N2O3. The number of esters is 1. The van der Waals surface area contributed by atoms with Crippen molar-refractivity contribution in [3.05, 3.63) is 27.7 Å². The average molecular weight is 385 g/mol. The van der Waals surface area contributed by atoms with E-state index < -0.39 is 6.04 Å². The molecule has 1 aliphatic heterocycles. The summed E-state index contributed by atoms with van der Waals surface area (Å²) in [5.41, 5.74) is 1.43. The zero-order valence-electron chi connectivity index (χ0n) is 14.1. The third-order valence-corrected chi connectivity index (χ3v) is 5.55. The Kier molecular flexibility index (Phi) is 5.74. The monoisotopic (exact) mass is 384 g/mol. The molecule has 1 fully saturated rings. The van der Waals surface area contributed by atoms with Crippen LogP contribution in [0.25, 0.3) is 0 Å². The van der Waals surface area contributed by atoms with E-state index in [4.69, 9.17) is 27.9 Å². The topological polar surface area (TPSA) is 67.4 Å². The van der Waals surface area contributed by atoms with Crippen LogP contribution in [0.4, 0.5) is 5.69 Å². The first kappa shape index (κ1) is 18.3. The first-order valence-corrected chi connectivity index (χ1v) is 9.39. The second-order valence-electron chi connectivity index (χ2n) is 6.70. The smallest absolute Gasteiger partial charge is 0.328 e. The number of carbonyl (C=O) groups excluding carboxylic acids is 2. The maximum absolute atomic E-state index is 12.7. The van der Waals surface area contributed by atoms with Gasteiger partial charge in [-0.3, -0.25) is 4.79 Å². The van der Waals surface area contributed by atoms with Gasteiger partial charge in [0.2, 0.25) is 5.91 Å². The number of hydrogen-bond donors (Lipinski definition) is 2. The van der Waals surface area contributed by atoms with E-state index in [0.29, 0.717) is 22.2 Å². The molecule has 0 bridgehead atoms. The maximum atomic E-state index is 12.7. The van der Waals surface area contributed by atoms with Gasteiger partial charge in [-0.05, 0) is 25.0 Å². The van der Waals surface area contributed by atoms with Crippen LogP contribution in [0.5, 0.6) is 0 Å². The van der Waals surface area contributed by atoms with Gasteiger partial charge in [-0.1, -0.05) is 42.5 Å². The summed E-state index contributed by atoms with van der Waals surface area (Å²) in [6, 6.07) is 2.47. The molecule has 2 N–H and O–H groups in total. The van der Waals surface area contributed by atoms with Crippen LogP contribution >= 0.6 is 23.2 Å². The van der Waals surface area contributed by atoms with Crippen LogP contribution in [0.2, 0.25) is 10.0 Å². The lowest BCUT2D eigenvalue weighted by Gasteiger charge is -2.34. The van der Waals surface area contributed by atoms with Crippen molar-refractivity contribution in [3.63, 3.8) is 0 Å². The van der Waals surface area contributed by atoms with Gasteiger partial charge in [-0.25, -0.2) is 4.79 Å². The highest BCUT2D eigenvalue weighted by molar-refractivity contribution is 6.35. The molecule has 1 aromatic carbocycles. The molecule has 2 atom stereocenters. The number of fused-ring (bicyclic) bond motifs is 1. The summed E-state index contributed by atoms with van der Waals surface area (Å²) in [6.45, 7) is 0. The first-order chi connectivity index (χ1) is 12.0. The van der Waals surface area contributed by atoms with Gasteiger partial charge in [0, 0.05) is 33.6 Å². The number of ether oxygens (including phenoxy) is 1. The highest BCUT2D eigenvalue weighted by atomic mass is 35.5. The van der Waals surface area contributed by atoms with E-state index in [-0.39, 0.29) is 23.8 Å². The molecule has 1 amide bonds. The van der Waals surface area contributed by atoms with Gasteiger partial charge >= 0.3 is 5.97 Å². The molecule has 7 heteroatoms. The van der Waals surface area contributed by atoms with Gasteiger partial charge in [0.1, 0.15) is 6.04 Å². The molecule has 0 aromatic heterocycles. The molecule has 0 spiro atoms. The minimum atomic E-state index is -0.552. The average Bonchev–Trinajstić information content (AvgIpc) is 2.60. The summed E-state index contributed by atoms with van der Waals surface area (Å²) in [5.74, 6) is -0.305. The van der Waals surface area contributed by atoms with Crippen molar-refractivity contribution < 1.29 is 14.3 Å². The standard InChI is InChI=1S/C18H22Cl2N2O3/c1-25-18(24)15-9-14(22-17(23)10-5-3-2-4-6-10)16-12(20)7-11(19)8-13(16)21-15/h7-8,10,14-15,21H,2-6,9H2,1H3,(H,22,23)/t14-,15+/m0/s1. The lowest BCUT2D eigenvalue weighted by Crippen LogP contribution is -2.43. The minimum absolute atomic E-state index is 0.0344. The fourth-order valence-corrected chi connectivity index (χ4v) is 4.37. The van der Waals surface area contributed by atoms with Crippen LogP contribution in [0.15, 0.2) is 12.1 Å². The molecular weight excluding hydrogens is 363 g/mol. The molecule has 0 radical (unpaired) electrons. The number of methoxy groups -OCH3 is 1.